The Labute approximate surface area is 162 Å². The van der Waals surface area contributed by atoms with Crippen molar-refractivity contribution < 1.29 is 14.1 Å². The van der Waals surface area contributed by atoms with Crippen LogP contribution in [-0.4, -0.2) is 29.2 Å². The number of ether oxygens (including phenoxy) is 1. The zero-order valence-corrected chi connectivity index (χ0v) is 15.3. The lowest BCUT2D eigenvalue weighted by atomic mass is 10.1. The molecule has 1 aliphatic rings. The molecule has 3 aromatic rings. The third-order valence-corrected chi connectivity index (χ3v) is 4.63. The second kappa shape index (κ2) is 7.53. The van der Waals surface area contributed by atoms with Gasteiger partial charge in [0.2, 0.25) is 5.91 Å². The maximum atomic E-state index is 12.6. The van der Waals surface area contributed by atoms with Crippen molar-refractivity contribution in [3.05, 3.63) is 59.9 Å². The number of carbonyl (C=O) groups is 1. The third kappa shape index (κ3) is 3.32. The van der Waals surface area contributed by atoms with E-state index in [1.165, 1.54) is 0 Å². The van der Waals surface area contributed by atoms with E-state index in [4.69, 9.17) is 14.5 Å². The Hall–Kier alpha value is -3.66. The first-order chi connectivity index (χ1) is 13.7. The van der Waals surface area contributed by atoms with Crippen LogP contribution in [0.5, 0.6) is 5.75 Å². The molecule has 1 amide bonds. The fraction of sp³-hybridized carbons (Fsp3) is 0.238. The Kier molecular flexibility index (Phi) is 4.77. The van der Waals surface area contributed by atoms with Crippen LogP contribution in [0, 0.1) is 11.3 Å². The Bertz CT molecular complexity index is 1050. The fourth-order valence-electron chi connectivity index (χ4n) is 3.31. The highest BCUT2D eigenvalue weighted by molar-refractivity contribution is 5.97. The molecule has 0 spiro atoms. The monoisotopic (exact) mass is 374 g/mol. The molecule has 0 radical (unpaired) electrons. The van der Waals surface area contributed by atoms with Crippen molar-refractivity contribution in [1.82, 2.24) is 10.1 Å². The second-order valence-electron chi connectivity index (χ2n) is 6.46. The number of aromatic nitrogens is 2. The van der Waals surface area contributed by atoms with E-state index >= 15 is 0 Å². The van der Waals surface area contributed by atoms with Gasteiger partial charge in [-0.05, 0) is 37.3 Å². The molecule has 7 heteroatoms. The van der Waals surface area contributed by atoms with Crippen LogP contribution in [0.4, 0.5) is 5.69 Å². The van der Waals surface area contributed by atoms with Gasteiger partial charge in [-0.15, -0.1) is 0 Å². The van der Waals surface area contributed by atoms with E-state index in [0.717, 1.165) is 5.69 Å². The lowest BCUT2D eigenvalue weighted by Crippen LogP contribution is -2.25. The molecule has 0 aliphatic carbocycles. The summed E-state index contributed by atoms with van der Waals surface area (Å²) in [6.07, 6.45) is 0.303. The predicted molar refractivity (Wildman–Crippen MR) is 102 cm³/mol. The van der Waals surface area contributed by atoms with Crippen molar-refractivity contribution in [3.8, 4) is 23.3 Å². The van der Waals surface area contributed by atoms with Crippen molar-refractivity contribution in [2.45, 2.75) is 19.3 Å². The first-order valence-electron chi connectivity index (χ1n) is 9.06. The van der Waals surface area contributed by atoms with Crippen LogP contribution in [0.3, 0.4) is 0 Å². The molecule has 1 atom stereocenters. The summed E-state index contributed by atoms with van der Waals surface area (Å²) in [6, 6.07) is 16.6. The van der Waals surface area contributed by atoms with Crippen LogP contribution < -0.4 is 9.64 Å². The number of benzene rings is 2. The minimum atomic E-state index is -0.168. The highest BCUT2D eigenvalue weighted by Gasteiger charge is 2.35. The number of rotatable bonds is 5. The van der Waals surface area contributed by atoms with Gasteiger partial charge in [-0.1, -0.05) is 23.4 Å². The summed E-state index contributed by atoms with van der Waals surface area (Å²) in [5.41, 5.74) is 1.95. The smallest absolute Gasteiger partial charge is 0.257 e. The van der Waals surface area contributed by atoms with Gasteiger partial charge in [-0.2, -0.15) is 10.2 Å². The SMILES string of the molecule is CCOc1ccccc1N1CC(c2noc(-c3cccc(C#N)c3)n2)CC1=O. The van der Waals surface area contributed by atoms with E-state index in [1.54, 1.807) is 23.1 Å². The molecule has 7 nitrogen and oxygen atoms in total. The Morgan fingerprint density at radius 2 is 2.14 bits per heavy atom. The van der Waals surface area contributed by atoms with Gasteiger partial charge >= 0.3 is 0 Å². The lowest BCUT2D eigenvalue weighted by molar-refractivity contribution is -0.117. The molecule has 0 N–H and O–H groups in total. The average molecular weight is 374 g/mol. The molecular weight excluding hydrogens is 356 g/mol. The number of carbonyl (C=O) groups excluding carboxylic acids is 1. The fourth-order valence-corrected chi connectivity index (χ4v) is 3.31. The van der Waals surface area contributed by atoms with Crippen molar-refractivity contribution in [2.75, 3.05) is 18.1 Å². The van der Waals surface area contributed by atoms with Gasteiger partial charge < -0.3 is 14.2 Å². The quantitative estimate of drug-likeness (QED) is 0.678. The van der Waals surface area contributed by atoms with Gasteiger partial charge in [0.1, 0.15) is 5.75 Å². The van der Waals surface area contributed by atoms with E-state index in [-0.39, 0.29) is 11.8 Å². The maximum Gasteiger partial charge on any atom is 0.257 e. The van der Waals surface area contributed by atoms with Crippen molar-refractivity contribution >= 4 is 11.6 Å². The highest BCUT2D eigenvalue weighted by Crippen LogP contribution is 2.36. The van der Waals surface area contributed by atoms with Crippen LogP contribution >= 0.6 is 0 Å². The summed E-state index contributed by atoms with van der Waals surface area (Å²) < 4.78 is 11.0. The molecule has 1 saturated heterocycles. The standard InChI is InChI=1S/C21H18N4O3/c1-2-27-18-9-4-3-8-17(18)25-13-16(11-19(25)26)20-23-21(28-24-20)15-7-5-6-14(10-15)12-22/h3-10,16H,2,11,13H2,1H3. The van der Waals surface area contributed by atoms with Gasteiger partial charge in [-0.25, -0.2) is 0 Å². The number of hydrogen-bond donors (Lipinski definition) is 0. The Morgan fingerprint density at radius 1 is 1.29 bits per heavy atom. The summed E-state index contributed by atoms with van der Waals surface area (Å²) >= 11 is 0. The van der Waals surface area contributed by atoms with Gasteiger partial charge in [0.25, 0.3) is 5.89 Å². The predicted octanol–water partition coefficient (Wildman–Crippen LogP) is 3.53. The highest BCUT2D eigenvalue weighted by atomic mass is 16.5. The number of anilines is 1. The number of hydrogen-bond acceptors (Lipinski definition) is 6. The summed E-state index contributed by atoms with van der Waals surface area (Å²) in [5.74, 6) is 1.34. The van der Waals surface area contributed by atoms with Crippen LogP contribution in [0.1, 0.15) is 30.7 Å². The molecule has 140 valence electrons. The minimum absolute atomic E-state index is 0.00465. The Balaban J connectivity index is 1.57. The van der Waals surface area contributed by atoms with Gasteiger partial charge in [-0.3, -0.25) is 4.79 Å². The molecule has 1 unspecified atom stereocenters. The number of nitriles is 1. The van der Waals surface area contributed by atoms with E-state index in [1.807, 2.05) is 37.3 Å². The topological polar surface area (TPSA) is 92.2 Å². The molecule has 28 heavy (non-hydrogen) atoms. The molecule has 2 heterocycles. The van der Waals surface area contributed by atoms with Gasteiger partial charge in [0.15, 0.2) is 5.82 Å². The van der Waals surface area contributed by atoms with Crippen molar-refractivity contribution in [1.29, 1.82) is 5.26 Å². The van der Waals surface area contributed by atoms with E-state index in [0.29, 0.717) is 48.2 Å². The van der Waals surface area contributed by atoms with Gasteiger partial charge in [0.05, 0.1) is 23.9 Å². The van der Waals surface area contributed by atoms with E-state index < -0.39 is 0 Å². The van der Waals surface area contributed by atoms with Crippen LogP contribution in [0.2, 0.25) is 0 Å². The zero-order valence-electron chi connectivity index (χ0n) is 15.3. The first-order valence-corrected chi connectivity index (χ1v) is 9.06. The Morgan fingerprint density at radius 3 is 2.96 bits per heavy atom. The second-order valence-corrected chi connectivity index (χ2v) is 6.46. The largest absolute Gasteiger partial charge is 0.492 e. The van der Waals surface area contributed by atoms with E-state index in [2.05, 4.69) is 16.2 Å². The van der Waals surface area contributed by atoms with Crippen LogP contribution in [0.15, 0.2) is 53.1 Å². The zero-order chi connectivity index (χ0) is 19.5. The van der Waals surface area contributed by atoms with Crippen molar-refractivity contribution in [3.63, 3.8) is 0 Å². The summed E-state index contributed by atoms with van der Waals surface area (Å²) in [6.45, 7) is 2.89. The molecule has 0 saturated carbocycles. The molecular formula is C21H18N4O3. The lowest BCUT2D eigenvalue weighted by Gasteiger charge is -2.19. The van der Waals surface area contributed by atoms with Crippen LogP contribution in [0.25, 0.3) is 11.5 Å². The third-order valence-electron chi connectivity index (χ3n) is 4.63. The molecule has 1 aliphatic heterocycles. The summed E-state index contributed by atoms with van der Waals surface area (Å²) in [5, 5.41) is 13.1. The number of amides is 1. The summed E-state index contributed by atoms with van der Waals surface area (Å²) in [4.78, 5) is 18.8. The molecule has 1 aromatic heterocycles. The minimum Gasteiger partial charge on any atom is -0.492 e. The summed E-state index contributed by atoms with van der Waals surface area (Å²) in [7, 11) is 0. The average Bonchev–Trinajstić information content (AvgIpc) is 3.36. The normalized spacial score (nSPS) is 16.2. The molecule has 2 aromatic carbocycles. The number of para-hydroxylation sites is 2. The van der Waals surface area contributed by atoms with Gasteiger partial charge in [0, 0.05) is 24.4 Å². The van der Waals surface area contributed by atoms with Crippen molar-refractivity contribution in [2.24, 2.45) is 0 Å². The first kappa shape index (κ1) is 17.7. The molecule has 1 fully saturated rings. The number of nitrogens with zero attached hydrogens (tertiary/aromatic N) is 4. The van der Waals surface area contributed by atoms with Crippen LogP contribution in [-0.2, 0) is 4.79 Å². The molecule has 0 bridgehead atoms. The maximum absolute atomic E-state index is 12.6. The van der Waals surface area contributed by atoms with E-state index in [9.17, 15) is 4.79 Å². The molecule has 4 rings (SSSR count).